The fourth-order valence-corrected chi connectivity index (χ4v) is 3.66. The Bertz CT molecular complexity index is 808. The molecule has 1 saturated carbocycles. The van der Waals surface area contributed by atoms with E-state index >= 15 is 0 Å². The molecular formula is C18H13BrN2O2. The number of nitriles is 2. The summed E-state index contributed by atoms with van der Waals surface area (Å²) in [6.45, 7) is 0. The first-order valence-corrected chi connectivity index (χ1v) is 8.07. The molecule has 1 aromatic carbocycles. The van der Waals surface area contributed by atoms with Gasteiger partial charge in [0.25, 0.3) is 0 Å². The number of carbonyl (C=O) groups excluding carboxylic acids is 1. The van der Waals surface area contributed by atoms with Crippen molar-refractivity contribution in [2.24, 2.45) is 5.41 Å². The fourth-order valence-electron chi connectivity index (χ4n) is 3.40. The average Bonchev–Trinajstić information content (AvgIpc) is 2.56. The molecule has 23 heavy (non-hydrogen) atoms. The molecule has 0 spiro atoms. The van der Waals surface area contributed by atoms with Crippen LogP contribution in [0.5, 0.6) is 0 Å². The zero-order chi connectivity index (χ0) is 16.6. The summed E-state index contributed by atoms with van der Waals surface area (Å²) in [4.78, 5) is 12.5. The van der Waals surface area contributed by atoms with E-state index in [1.807, 2.05) is 24.3 Å². The number of aliphatic hydroxyl groups is 1. The highest BCUT2D eigenvalue weighted by Crippen LogP contribution is 2.52. The van der Waals surface area contributed by atoms with Crippen LogP contribution in [0, 0.1) is 28.1 Å². The number of ketones is 1. The van der Waals surface area contributed by atoms with Crippen molar-refractivity contribution in [3.05, 3.63) is 57.3 Å². The smallest absolute Gasteiger partial charge is 0.176 e. The first-order chi connectivity index (χ1) is 11.0. The highest BCUT2D eigenvalue weighted by atomic mass is 79.9. The first kappa shape index (κ1) is 15.5. The summed E-state index contributed by atoms with van der Waals surface area (Å²) in [7, 11) is 0. The van der Waals surface area contributed by atoms with Gasteiger partial charge in [0.2, 0.25) is 0 Å². The molecule has 1 unspecified atom stereocenters. The van der Waals surface area contributed by atoms with Gasteiger partial charge in [0.1, 0.15) is 5.76 Å². The van der Waals surface area contributed by atoms with E-state index in [9.17, 15) is 20.4 Å². The number of aliphatic hydroxyl groups excluding tert-OH is 1. The van der Waals surface area contributed by atoms with Crippen molar-refractivity contribution in [1.82, 2.24) is 0 Å². The zero-order valence-electron chi connectivity index (χ0n) is 12.2. The predicted molar refractivity (Wildman–Crippen MR) is 87.1 cm³/mol. The second kappa shape index (κ2) is 5.68. The molecule has 0 saturated heterocycles. The van der Waals surface area contributed by atoms with E-state index < -0.39 is 11.3 Å². The summed E-state index contributed by atoms with van der Waals surface area (Å²) in [5, 5.41) is 29.7. The van der Waals surface area contributed by atoms with Crippen LogP contribution in [0.15, 0.2) is 51.7 Å². The molecule has 114 valence electrons. The van der Waals surface area contributed by atoms with Crippen LogP contribution < -0.4 is 0 Å². The molecule has 0 amide bonds. The Morgan fingerprint density at radius 1 is 1.22 bits per heavy atom. The second-order valence-corrected chi connectivity index (χ2v) is 6.66. The van der Waals surface area contributed by atoms with Crippen LogP contribution in [-0.4, -0.2) is 10.9 Å². The lowest BCUT2D eigenvalue weighted by Crippen LogP contribution is -2.38. The van der Waals surface area contributed by atoms with Gasteiger partial charge in [0.05, 0.1) is 17.7 Å². The lowest BCUT2D eigenvalue weighted by atomic mass is 9.59. The molecule has 1 atom stereocenters. The minimum absolute atomic E-state index is 0.00312. The maximum atomic E-state index is 12.5. The van der Waals surface area contributed by atoms with Crippen molar-refractivity contribution in [3.8, 4) is 12.1 Å². The highest BCUT2D eigenvalue weighted by molar-refractivity contribution is 9.10. The molecule has 0 heterocycles. The van der Waals surface area contributed by atoms with E-state index in [2.05, 4.69) is 28.1 Å². The van der Waals surface area contributed by atoms with Crippen LogP contribution in [0.4, 0.5) is 0 Å². The molecule has 1 N–H and O–H groups in total. The summed E-state index contributed by atoms with van der Waals surface area (Å²) < 4.78 is 0.887. The summed E-state index contributed by atoms with van der Waals surface area (Å²) >= 11 is 3.36. The third-order valence-corrected chi connectivity index (χ3v) is 5.06. The van der Waals surface area contributed by atoms with Crippen molar-refractivity contribution in [3.63, 3.8) is 0 Å². The molecule has 1 fully saturated rings. The molecule has 3 rings (SSSR count). The maximum absolute atomic E-state index is 12.5. The average molecular weight is 369 g/mol. The molecule has 5 heteroatoms. The Labute approximate surface area is 142 Å². The standard InChI is InChI=1S/C18H13BrN2O2/c19-12-6-4-11(5-7-12)14-8-16(23)17-13(2-1-3-15(17)22)18(14,9-20)10-21/h2,4-7,14,22H,1,3,8H2. The Morgan fingerprint density at radius 3 is 2.48 bits per heavy atom. The molecular weight excluding hydrogens is 356 g/mol. The number of benzene rings is 1. The van der Waals surface area contributed by atoms with Gasteiger partial charge in [-0.3, -0.25) is 4.79 Å². The fraction of sp³-hybridized carbons (Fsp3) is 0.278. The van der Waals surface area contributed by atoms with Crippen LogP contribution in [0.3, 0.4) is 0 Å². The predicted octanol–water partition coefficient (Wildman–Crippen LogP) is 4.07. The second-order valence-electron chi connectivity index (χ2n) is 5.74. The zero-order valence-corrected chi connectivity index (χ0v) is 13.8. The van der Waals surface area contributed by atoms with Gasteiger partial charge in [-0.1, -0.05) is 34.1 Å². The Balaban J connectivity index is 2.21. The van der Waals surface area contributed by atoms with E-state index in [4.69, 9.17) is 0 Å². The van der Waals surface area contributed by atoms with Gasteiger partial charge < -0.3 is 5.11 Å². The summed E-state index contributed by atoms with van der Waals surface area (Å²) in [6, 6.07) is 11.6. The molecule has 2 aliphatic rings. The lowest BCUT2D eigenvalue weighted by Gasteiger charge is -2.38. The third-order valence-electron chi connectivity index (χ3n) is 4.53. The number of Topliss-reactive ketones (excluding diaryl/α,β-unsaturated/α-hetero) is 1. The molecule has 4 nitrogen and oxygen atoms in total. The van der Waals surface area contributed by atoms with Crippen molar-refractivity contribution in [2.45, 2.75) is 25.2 Å². The summed E-state index contributed by atoms with van der Waals surface area (Å²) in [6.07, 6.45) is 2.69. The molecule has 0 bridgehead atoms. The number of hydrogen-bond acceptors (Lipinski definition) is 4. The van der Waals surface area contributed by atoms with E-state index in [-0.39, 0.29) is 23.5 Å². The molecule has 0 radical (unpaired) electrons. The van der Waals surface area contributed by atoms with Crippen LogP contribution in [-0.2, 0) is 4.79 Å². The van der Waals surface area contributed by atoms with Gasteiger partial charge in [-0.05, 0) is 29.7 Å². The van der Waals surface area contributed by atoms with Crippen molar-refractivity contribution < 1.29 is 9.90 Å². The number of fused-ring (bicyclic) bond motifs is 1. The molecule has 1 aromatic rings. The van der Waals surface area contributed by atoms with Gasteiger partial charge in [-0.25, -0.2) is 0 Å². The number of allylic oxidation sites excluding steroid dienone is 4. The minimum atomic E-state index is -1.45. The molecule has 0 aliphatic heterocycles. The van der Waals surface area contributed by atoms with Crippen LogP contribution in [0.1, 0.15) is 30.7 Å². The van der Waals surface area contributed by atoms with E-state index in [0.29, 0.717) is 18.4 Å². The van der Waals surface area contributed by atoms with Gasteiger partial charge in [-0.15, -0.1) is 0 Å². The Hall–Kier alpha value is -2.37. The quantitative estimate of drug-likeness (QED) is 0.809. The molecule has 2 aliphatic carbocycles. The SMILES string of the molecule is N#CC1(C#N)C2=CCCC(O)=C2C(=O)CC1c1ccc(Br)cc1. The number of nitrogens with zero attached hydrogens (tertiary/aromatic N) is 2. The normalized spacial score (nSPS) is 22.7. The van der Waals surface area contributed by atoms with Crippen LogP contribution in [0.25, 0.3) is 0 Å². The van der Waals surface area contributed by atoms with Crippen LogP contribution >= 0.6 is 15.9 Å². The first-order valence-electron chi connectivity index (χ1n) is 7.27. The largest absolute Gasteiger partial charge is 0.512 e. The van der Waals surface area contributed by atoms with E-state index in [1.165, 1.54) is 0 Å². The number of carbonyl (C=O) groups is 1. The molecule has 0 aromatic heterocycles. The monoisotopic (exact) mass is 368 g/mol. The summed E-state index contributed by atoms with van der Waals surface area (Å²) in [5.41, 5.74) is -0.136. The highest BCUT2D eigenvalue weighted by Gasteiger charge is 2.52. The van der Waals surface area contributed by atoms with Gasteiger partial charge in [0.15, 0.2) is 11.2 Å². The number of rotatable bonds is 1. The van der Waals surface area contributed by atoms with Crippen molar-refractivity contribution in [2.75, 3.05) is 0 Å². The number of hydrogen-bond donors (Lipinski definition) is 1. The van der Waals surface area contributed by atoms with E-state index in [1.54, 1.807) is 6.08 Å². The van der Waals surface area contributed by atoms with Gasteiger partial charge in [0, 0.05) is 23.2 Å². The van der Waals surface area contributed by atoms with E-state index in [0.717, 1.165) is 10.0 Å². The van der Waals surface area contributed by atoms with Crippen molar-refractivity contribution in [1.29, 1.82) is 10.5 Å². The van der Waals surface area contributed by atoms with Gasteiger partial charge >= 0.3 is 0 Å². The van der Waals surface area contributed by atoms with Crippen molar-refractivity contribution >= 4 is 21.7 Å². The lowest BCUT2D eigenvalue weighted by molar-refractivity contribution is -0.117. The van der Waals surface area contributed by atoms with Crippen LogP contribution in [0.2, 0.25) is 0 Å². The minimum Gasteiger partial charge on any atom is -0.512 e. The maximum Gasteiger partial charge on any atom is 0.176 e. The summed E-state index contributed by atoms with van der Waals surface area (Å²) in [5.74, 6) is -0.752. The van der Waals surface area contributed by atoms with Gasteiger partial charge in [-0.2, -0.15) is 10.5 Å². The Kier molecular flexibility index (Phi) is 3.83. The Morgan fingerprint density at radius 2 is 1.87 bits per heavy atom. The number of halogens is 1. The third kappa shape index (κ3) is 2.29. The topological polar surface area (TPSA) is 84.9 Å².